The minimum absolute atomic E-state index is 0.162. The largest absolute Gasteiger partial charge is 0.467 e. The molecule has 1 aromatic heterocycles. The van der Waals surface area contributed by atoms with Gasteiger partial charge in [0.2, 0.25) is 0 Å². The maximum Gasteiger partial charge on any atom is 0.263 e. The third-order valence-electron chi connectivity index (χ3n) is 2.61. The molecule has 0 spiro atoms. The van der Waals surface area contributed by atoms with Gasteiger partial charge < -0.3 is 15.1 Å². The second kappa shape index (κ2) is 6.91. The monoisotopic (exact) mass is 285 g/mol. The quantitative estimate of drug-likeness (QED) is 0.653. The molecule has 1 aromatic carbocycles. The number of amides is 1. The first kappa shape index (κ1) is 14.3. The highest BCUT2D eigenvalue weighted by atomic mass is 19.1. The molecule has 1 heterocycles. The molecule has 6 heteroatoms. The zero-order valence-electron chi connectivity index (χ0n) is 11.0. The number of benzene rings is 1. The first-order chi connectivity index (χ1) is 10.2. The van der Waals surface area contributed by atoms with Gasteiger partial charge in [-0.15, -0.1) is 0 Å². The summed E-state index contributed by atoms with van der Waals surface area (Å²) in [6, 6.07) is 11.1. The molecule has 2 N–H and O–H groups in total. The average Bonchev–Trinajstić information content (AvgIpc) is 3.01. The third-order valence-corrected chi connectivity index (χ3v) is 2.61. The molecule has 5 nitrogen and oxygen atoms in total. The first-order valence-corrected chi connectivity index (χ1v) is 6.12. The van der Waals surface area contributed by atoms with Crippen LogP contribution in [0.1, 0.15) is 5.76 Å². The van der Waals surface area contributed by atoms with E-state index in [4.69, 9.17) is 9.68 Å². The van der Waals surface area contributed by atoms with Crippen LogP contribution in [0.25, 0.3) is 0 Å². The lowest BCUT2D eigenvalue weighted by Crippen LogP contribution is -2.24. The summed E-state index contributed by atoms with van der Waals surface area (Å²) in [6.45, 7) is 0.171. The summed E-state index contributed by atoms with van der Waals surface area (Å²) in [4.78, 5) is 11.8. The highest BCUT2D eigenvalue weighted by molar-refractivity contribution is 5.97. The summed E-state index contributed by atoms with van der Waals surface area (Å²) in [7, 11) is 0. The molecule has 0 aliphatic carbocycles. The van der Waals surface area contributed by atoms with E-state index in [0.29, 0.717) is 5.76 Å². The lowest BCUT2D eigenvalue weighted by Gasteiger charge is -2.04. The number of carbonyl (C=O) groups is 1. The van der Waals surface area contributed by atoms with E-state index in [-0.39, 0.29) is 17.8 Å². The average molecular weight is 285 g/mol. The van der Waals surface area contributed by atoms with Crippen LogP contribution in [0.4, 0.5) is 10.1 Å². The Kier molecular flexibility index (Phi) is 4.72. The molecule has 21 heavy (non-hydrogen) atoms. The Labute approximate surface area is 120 Å². The number of nitriles is 1. The van der Waals surface area contributed by atoms with Crippen molar-refractivity contribution in [1.82, 2.24) is 5.32 Å². The molecule has 0 bridgehead atoms. The SMILES string of the molecule is N#C/C(=C/Nc1ccccc1F)C(=O)NCc1ccco1. The number of nitrogens with zero attached hydrogens (tertiary/aromatic N) is 1. The minimum atomic E-state index is -0.572. The molecule has 0 saturated carbocycles. The van der Waals surface area contributed by atoms with E-state index < -0.39 is 11.7 Å². The van der Waals surface area contributed by atoms with Gasteiger partial charge in [-0.25, -0.2) is 4.39 Å². The van der Waals surface area contributed by atoms with Gasteiger partial charge in [0.05, 0.1) is 18.5 Å². The molecule has 0 aliphatic heterocycles. The van der Waals surface area contributed by atoms with Gasteiger partial charge >= 0.3 is 0 Å². The summed E-state index contributed by atoms with van der Waals surface area (Å²) in [5.74, 6) is -0.470. The molecular formula is C15H12FN3O2. The van der Waals surface area contributed by atoms with E-state index >= 15 is 0 Å². The Bertz CT molecular complexity index is 687. The molecule has 0 radical (unpaired) electrons. The summed E-state index contributed by atoms with van der Waals surface area (Å²) in [5.41, 5.74) is 0.0221. The van der Waals surface area contributed by atoms with Crippen molar-refractivity contribution in [2.24, 2.45) is 0 Å². The Hall–Kier alpha value is -3.07. The summed E-state index contributed by atoms with van der Waals surface area (Å²) >= 11 is 0. The van der Waals surface area contributed by atoms with Crippen LogP contribution in [0.3, 0.4) is 0 Å². The van der Waals surface area contributed by atoms with E-state index in [9.17, 15) is 9.18 Å². The summed E-state index contributed by atoms with van der Waals surface area (Å²) in [6.07, 6.45) is 2.65. The predicted molar refractivity (Wildman–Crippen MR) is 74.3 cm³/mol. The molecule has 2 aromatic rings. The molecular weight excluding hydrogens is 273 g/mol. The van der Waals surface area contributed by atoms with Gasteiger partial charge in [-0.1, -0.05) is 12.1 Å². The van der Waals surface area contributed by atoms with Gasteiger partial charge in [-0.05, 0) is 24.3 Å². The van der Waals surface area contributed by atoms with Gasteiger partial charge in [0.15, 0.2) is 0 Å². The Balaban J connectivity index is 1.98. The van der Waals surface area contributed by atoms with Crippen molar-refractivity contribution in [2.75, 3.05) is 5.32 Å². The minimum Gasteiger partial charge on any atom is -0.467 e. The van der Waals surface area contributed by atoms with Crippen molar-refractivity contribution in [3.8, 4) is 6.07 Å². The molecule has 1 amide bonds. The molecule has 0 saturated heterocycles. The normalized spacial score (nSPS) is 10.8. The lowest BCUT2D eigenvalue weighted by atomic mass is 10.2. The highest BCUT2D eigenvalue weighted by Gasteiger charge is 2.09. The van der Waals surface area contributed by atoms with Crippen molar-refractivity contribution in [2.45, 2.75) is 6.54 Å². The van der Waals surface area contributed by atoms with Gasteiger partial charge in [-0.3, -0.25) is 4.79 Å². The molecule has 2 rings (SSSR count). The number of rotatable bonds is 5. The van der Waals surface area contributed by atoms with E-state index in [2.05, 4.69) is 10.6 Å². The van der Waals surface area contributed by atoms with Crippen LogP contribution in [-0.2, 0) is 11.3 Å². The Morgan fingerprint density at radius 2 is 2.14 bits per heavy atom. The molecule has 0 unspecified atom stereocenters. The fraction of sp³-hybridized carbons (Fsp3) is 0.0667. The van der Waals surface area contributed by atoms with Gasteiger partial charge in [0.25, 0.3) is 5.91 Å². The number of para-hydroxylation sites is 1. The number of hydrogen-bond acceptors (Lipinski definition) is 4. The zero-order valence-corrected chi connectivity index (χ0v) is 11.0. The number of halogens is 1. The molecule has 0 aliphatic rings. The Morgan fingerprint density at radius 1 is 1.33 bits per heavy atom. The Morgan fingerprint density at radius 3 is 2.81 bits per heavy atom. The van der Waals surface area contributed by atoms with E-state index in [1.54, 1.807) is 30.3 Å². The van der Waals surface area contributed by atoms with Crippen LogP contribution < -0.4 is 10.6 Å². The lowest BCUT2D eigenvalue weighted by molar-refractivity contribution is -0.117. The van der Waals surface area contributed by atoms with Gasteiger partial charge in [0, 0.05) is 6.20 Å². The van der Waals surface area contributed by atoms with Crippen LogP contribution in [0.5, 0.6) is 0 Å². The van der Waals surface area contributed by atoms with Crippen molar-refractivity contribution in [1.29, 1.82) is 5.26 Å². The van der Waals surface area contributed by atoms with Crippen LogP contribution in [-0.4, -0.2) is 5.91 Å². The number of nitrogens with one attached hydrogen (secondary N) is 2. The van der Waals surface area contributed by atoms with Crippen molar-refractivity contribution >= 4 is 11.6 Å². The second-order valence-electron chi connectivity index (χ2n) is 4.06. The topological polar surface area (TPSA) is 78.1 Å². The maximum absolute atomic E-state index is 13.4. The smallest absolute Gasteiger partial charge is 0.263 e. The highest BCUT2D eigenvalue weighted by Crippen LogP contribution is 2.12. The number of carbonyl (C=O) groups excluding carboxylic acids is 1. The van der Waals surface area contributed by atoms with Crippen LogP contribution in [0.15, 0.2) is 58.9 Å². The number of hydrogen-bond donors (Lipinski definition) is 2. The van der Waals surface area contributed by atoms with E-state index in [1.165, 1.54) is 18.4 Å². The van der Waals surface area contributed by atoms with Crippen molar-refractivity contribution in [3.05, 3.63) is 66.0 Å². The van der Waals surface area contributed by atoms with Gasteiger partial charge in [0.1, 0.15) is 23.2 Å². The summed E-state index contributed by atoms with van der Waals surface area (Å²) in [5, 5.41) is 14.1. The molecule has 0 atom stereocenters. The van der Waals surface area contributed by atoms with Crippen LogP contribution in [0, 0.1) is 17.1 Å². The van der Waals surface area contributed by atoms with Crippen molar-refractivity contribution < 1.29 is 13.6 Å². The second-order valence-corrected chi connectivity index (χ2v) is 4.06. The fourth-order valence-electron chi connectivity index (χ4n) is 1.55. The predicted octanol–water partition coefficient (Wildman–Crippen LogP) is 2.55. The standard InChI is InChI=1S/C15H12FN3O2/c16-13-5-1-2-6-14(13)18-9-11(8-17)15(20)19-10-12-4-3-7-21-12/h1-7,9,18H,10H2,(H,19,20)/b11-9-. The number of furan rings is 1. The molecule has 0 fully saturated rings. The first-order valence-electron chi connectivity index (χ1n) is 6.12. The molecule has 106 valence electrons. The number of anilines is 1. The van der Waals surface area contributed by atoms with Crippen LogP contribution in [0.2, 0.25) is 0 Å². The zero-order chi connectivity index (χ0) is 15.1. The maximum atomic E-state index is 13.4. The third kappa shape index (κ3) is 3.94. The summed E-state index contributed by atoms with van der Waals surface area (Å²) < 4.78 is 18.5. The van der Waals surface area contributed by atoms with Gasteiger partial charge in [-0.2, -0.15) is 5.26 Å². The fourth-order valence-corrected chi connectivity index (χ4v) is 1.55. The van der Waals surface area contributed by atoms with Crippen LogP contribution >= 0.6 is 0 Å². The van der Waals surface area contributed by atoms with Crippen molar-refractivity contribution in [3.63, 3.8) is 0 Å². The van der Waals surface area contributed by atoms with E-state index in [1.807, 2.05) is 0 Å². The van der Waals surface area contributed by atoms with E-state index in [0.717, 1.165) is 6.20 Å².